The third-order valence-electron chi connectivity index (χ3n) is 3.98. The van der Waals surface area contributed by atoms with Crippen LogP contribution in [0.5, 0.6) is 5.75 Å². The van der Waals surface area contributed by atoms with Crippen LogP contribution >= 0.6 is 0 Å². The Morgan fingerprint density at radius 2 is 2.00 bits per heavy atom. The van der Waals surface area contributed by atoms with E-state index in [1.165, 1.54) is 0 Å². The summed E-state index contributed by atoms with van der Waals surface area (Å²) in [5.41, 5.74) is 0.550. The van der Waals surface area contributed by atoms with E-state index in [4.69, 9.17) is 4.74 Å². The average Bonchev–Trinajstić information content (AvgIpc) is 2.82. The Morgan fingerprint density at radius 1 is 1.26 bits per heavy atom. The Morgan fingerprint density at radius 3 is 2.74 bits per heavy atom. The summed E-state index contributed by atoms with van der Waals surface area (Å²) >= 11 is 0. The number of phenols is 1. The minimum Gasteiger partial charge on any atom is -0.506 e. The topological polar surface area (TPSA) is 61.8 Å². The van der Waals surface area contributed by atoms with E-state index in [1.807, 2.05) is 6.07 Å². The van der Waals surface area contributed by atoms with Gasteiger partial charge < -0.3 is 15.2 Å². The zero-order valence-electron chi connectivity index (χ0n) is 10.7. The highest BCUT2D eigenvalue weighted by atomic mass is 16.6. The molecule has 19 heavy (non-hydrogen) atoms. The second kappa shape index (κ2) is 5.09. The first-order valence-corrected chi connectivity index (χ1v) is 6.72. The van der Waals surface area contributed by atoms with E-state index in [0.29, 0.717) is 18.2 Å². The van der Waals surface area contributed by atoms with Crippen molar-refractivity contribution in [3.63, 3.8) is 0 Å². The van der Waals surface area contributed by atoms with Crippen molar-refractivity contribution >= 4 is 11.8 Å². The molecule has 1 aromatic carbocycles. The molecule has 2 fully saturated rings. The number of benzene rings is 1. The van der Waals surface area contributed by atoms with Gasteiger partial charge in [-0.05, 0) is 44.0 Å². The smallest absolute Gasteiger partial charge is 0.414 e. The van der Waals surface area contributed by atoms with E-state index in [1.54, 1.807) is 23.1 Å². The van der Waals surface area contributed by atoms with Gasteiger partial charge in [0.25, 0.3) is 0 Å². The molecule has 0 bridgehead atoms. The molecule has 1 atom stereocenters. The second-order valence-electron chi connectivity index (χ2n) is 5.09. The first kappa shape index (κ1) is 12.3. The maximum atomic E-state index is 12.0. The molecule has 0 spiro atoms. The van der Waals surface area contributed by atoms with E-state index in [0.717, 1.165) is 25.9 Å². The predicted molar refractivity (Wildman–Crippen MR) is 71.3 cm³/mol. The third-order valence-corrected chi connectivity index (χ3v) is 3.98. The summed E-state index contributed by atoms with van der Waals surface area (Å²) in [6, 6.07) is 6.96. The summed E-state index contributed by atoms with van der Waals surface area (Å²) in [6.45, 7) is 2.37. The van der Waals surface area contributed by atoms with Gasteiger partial charge >= 0.3 is 6.09 Å². The highest BCUT2D eigenvalue weighted by Gasteiger charge is 2.40. The average molecular weight is 262 g/mol. The molecule has 0 saturated carbocycles. The molecule has 2 N–H and O–H groups in total. The predicted octanol–water partition coefficient (Wildman–Crippen LogP) is 1.72. The number of nitrogens with zero attached hydrogens (tertiary/aromatic N) is 1. The number of carbonyl (C=O) groups excluding carboxylic acids is 1. The molecule has 2 aliphatic rings. The van der Waals surface area contributed by atoms with Crippen molar-refractivity contribution in [2.45, 2.75) is 18.9 Å². The van der Waals surface area contributed by atoms with Gasteiger partial charge in [-0.15, -0.1) is 0 Å². The Hall–Kier alpha value is -1.75. The minimum atomic E-state index is -0.356. The molecule has 1 unspecified atom stereocenters. The summed E-state index contributed by atoms with van der Waals surface area (Å²) in [5.74, 6) is 0.549. The lowest BCUT2D eigenvalue weighted by atomic mass is 9.90. The van der Waals surface area contributed by atoms with Gasteiger partial charge in [0, 0.05) is 0 Å². The van der Waals surface area contributed by atoms with Gasteiger partial charge in [0.05, 0.1) is 11.7 Å². The summed E-state index contributed by atoms with van der Waals surface area (Å²) in [4.78, 5) is 13.6. The van der Waals surface area contributed by atoms with E-state index >= 15 is 0 Å². The van der Waals surface area contributed by atoms with Crippen LogP contribution in [0.15, 0.2) is 24.3 Å². The largest absolute Gasteiger partial charge is 0.506 e. The van der Waals surface area contributed by atoms with Gasteiger partial charge in [-0.3, -0.25) is 4.90 Å². The minimum absolute atomic E-state index is 0.0305. The first-order chi connectivity index (χ1) is 9.27. The van der Waals surface area contributed by atoms with Crippen molar-refractivity contribution in [1.82, 2.24) is 5.32 Å². The maximum absolute atomic E-state index is 12.0. The number of carbonyl (C=O) groups is 1. The van der Waals surface area contributed by atoms with Crippen LogP contribution in [0.3, 0.4) is 0 Å². The highest BCUT2D eigenvalue weighted by Crippen LogP contribution is 2.35. The molecule has 0 aliphatic carbocycles. The zero-order valence-corrected chi connectivity index (χ0v) is 10.7. The van der Waals surface area contributed by atoms with E-state index < -0.39 is 0 Å². The fourth-order valence-corrected chi connectivity index (χ4v) is 2.96. The SMILES string of the molecule is O=C1OCC(C2CCNCC2)N1c1ccccc1O. The molecule has 3 rings (SSSR count). The van der Waals surface area contributed by atoms with Gasteiger partial charge in [-0.1, -0.05) is 12.1 Å². The number of hydrogen-bond acceptors (Lipinski definition) is 4. The lowest BCUT2D eigenvalue weighted by Crippen LogP contribution is -2.43. The molecular weight excluding hydrogens is 244 g/mol. The van der Waals surface area contributed by atoms with Gasteiger partial charge in [-0.2, -0.15) is 0 Å². The van der Waals surface area contributed by atoms with Crippen LogP contribution in [0.1, 0.15) is 12.8 Å². The van der Waals surface area contributed by atoms with Gasteiger partial charge in [0.15, 0.2) is 0 Å². The summed E-state index contributed by atoms with van der Waals surface area (Å²) in [6.07, 6.45) is 1.71. The normalized spacial score (nSPS) is 24.5. The third kappa shape index (κ3) is 2.26. The van der Waals surface area contributed by atoms with E-state index in [9.17, 15) is 9.90 Å². The molecule has 1 amide bonds. The molecule has 1 aromatic rings. The van der Waals surface area contributed by atoms with Crippen LogP contribution in [0.2, 0.25) is 0 Å². The Kier molecular flexibility index (Phi) is 3.29. The summed E-state index contributed by atoms with van der Waals surface area (Å²) < 4.78 is 5.20. The van der Waals surface area contributed by atoms with E-state index in [2.05, 4.69) is 5.32 Å². The fraction of sp³-hybridized carbons (Fsp3) is 0.500. The number of phenolic OH excluding ortho intramolecular Hbond substituents is 1. The lowest BCUT2D eigenvalue weighted by molar-refractivity contribution is 0.174. The number of ether oxygens (including phenoxy) is 1. The highest BCUT2D eigenvalue weighted by molar-refractivity contribution is 5.92. The Labute approximate surface area is 112 Å². The van der Waals surface area contributed by atoms with Crippen LogP contribution in [0, 0.1) is 5.92 Å². The number of amides is 1. The molecule has 2 heterocycles. The molecule has 2 saturated heterocycles. The van der Waals surface area contributed by atoms with Crippen LogP contribution in [-0.2, 0) is 4.74 Å². The van der Waals surface area contributed by atoms with Crippen molar-refractivity contribution in [2.75, 3.05) is 24.6 Å². The lowest BCUT2D eigenvalue weighted by Gasteiger charge is -2.32. The van der Waals surface area contributed by atoms with Crippen LogP contribution in [0.25, 0.3) is 0 Å². The van der Waals surface area contributed by atoms with Crippen molar-refractivity contribution in [3.05, 3.63) is 24.3 Å². The number of piperidine rings is 1. The number of para-hydroxylation sites is 2. The Balaban J connectivity index is 1.88. The number of hydrogen-bond donors (Lipinski definition) is 2. The quantitative estimate of drug-likeness (QED) is 0.852. The second-order valence-corrected chi connectivity index (χ2v) is 5.09. The van der Waals surface area contributed by atoms with Gasteiger partial charge in [-0.25, -0.2) is 4.79 Å². The monoisotopic (exact) mass is 262 g/mol. The molecule has 2 aliphatic heterocycles. The van der Waals surface area contributed by atoms with E-state index in [-0.39, 0.29) is 17.9 Å². The number of nitrogens with one attached hydrogen (secondary N) is 1. The van der Waals surface area contributed by atoms with Gasteiger partial charge in [0.1, 0.15) is 12.4 Å². The zero-order chi connectivity index (χ0) is 13.2. The van der Waals surface area contributed by atoms with Crippen molar-refractivity contribution in [1.29, 1.82) is 0 Å². The molecular formula is C14H18N2O3. The molecule has 5 heteroatoms. The van der Waals surface area contributed by atoms with Crippen molar-refractivity contribution < 1.29 is 14.6 Å². The number of rotatable bonds is 2. The van der Waals surface area contributed by atoms with Crippen LogP contribution in [0.4, 0.5) is 10.5 Å². The molecule has 0 aromatic heterocycles. The number of aromatic hydroxyl groups is 1. The first-order valence-electron chi connectivity index (χ1n) is 6.72. The molecule has 5 nitrogen and oxygen atoms in total. The summed E-state index contributed by atoms with van der Waals surface area (Å²) in [5, 5.41) is 13.3. The number of cyclic esters (lactones) is 1. The standard InChI is InChI=1S/C14H18N2O3/c17-13-4-2-1-3-11(13)16-12(9-19-14(16)18)10-5-7-15-8-6-10/h1-4,10,12,15,17H,5-9H2. The molecule has 102 valence electrons. The Bertz CT molecular complexity index is 472. The summed E-state index contributed by atoms with van der Waals surface area (Å²) in [7, 11) is 0. The maximum Gasteiger partial charge on any atom is 0.414 e. The molecule has 0 radical (unpaired) electrons. The number of anilines is 1. The van der Waals surface area contributed by atoms with Gasteiger partial charge in [0.2, 0.25) is 0 Å². The van der Waals surface area contributed by atoms with Crippen molar-refractivity contribution in [2.24, 2.45) is 5.92 Å². The van der Waals surface area contributed by atoms with Crippen molar-refractivity contribution in [3.8, 4) is 5.75 Å². The van der Waals surface area contributed by atoms with Crippen LogP contribution < -0.4 is 10.2 Å². The fourth-order valence-electron chi connectivity index (χ4n) is 2.96. The van der Waals surface area contributed by atoms with Crippen LogP contribution in [-0.4, -0.2) is 36.9 Å².